The minimum Gasteiger partial charge on any atom is -0.480 e. The molecule has 6 nitrogen and oxygen atoms in total. The van der Waals surface area contributed by atoms with Crippen molar-refractivity contribution in [3.05, 3.63) is 17.3 Å². The number of ether oxygens (including phenoxy) is 1. The first-order valence-electron chi connectivity index (χ1n) is 6.72. The Bertz CT molecular complexity index is 564. The summed E-state index contributed by atoms with van der Waals surface area (Å²) < 4.78 is 7.28. The Morgan fingerprint density at radius 1 is 1.50 bits per heavy atom. The summed E-state index contributed by atoms with van der Waals surface area (Å²) in [7, 11) is 1.62. The van der Waals surface area contributed by atoms with Crippen LogP contribution in [0, 0.1) is 0 Å². The quantitative estimate of drug-likeness (QED) is 0.723. The fourth-order valence-corrected chi connectivity index (χ4v) is 2.62. The molecule has 2 rings (SSSR count). The summed E-state index contributed by atoms with van der Waals surface area (Å²) in [5.41, 5.74) is 0.984. The van der Waals surface area contributed by atoms with Gasteiger partial charge in [0, 0.05) is 37.6 Å². The molecule has 0 atom stereocenters. The Labute approximate surface area is 122 Å². The maximum Gasteiger partial charge on any atom is 0.237 e. The molecule has 2 aromatic rings. The van der Waals surface area contributed by atoms with Crippen molar-refractivity contribution in [2.75, 3.05) is 20.2 Å². The number of nitrogens with zero attached hydrogens (tertiary/aromatic N) is 2. The van der Waals surface area contributed by atoms with Crippen molar-refractivity contribution in [1.82, 2.24) is 20.0 Å². The number of rotatable bonds is 8. The number of amides is 1. The monoisotopic (exact) mass is 296 g/mol. The largest absolute Gasteiger partial charge is 0.480 e. The number of carbonyl (C=O) groups excluding carboxylic acids is 1. The molecule has 0 spiro atoms. The summed E-state index contributed by atoms with van der Waals surface area (Å²) >= 11 is 1.57. The lowest BCUT2D eigenvalue weighted by molar-refractivity contribution is -0.120. The van der Waals surface area contributed by atoms with Crippen molar-refractivity contribution in [2.45, 2.75) is 26.3 Å². The van der Waals surface area contributed by atoms with Crippen LogP contribution in [0.3, 0.4) is 0 Å². The molecule has 0 radical (unpaired) electrons. The van der Waals surface area contributed by atoms with E-state index in [9.17, 15) is 4.79 Å². The van der Waals surface area contributed by atoms with Crippen molar-refractivity contribution in [1.29, 1.82) is 0 Å². The van der Waals surface area contributed by atoms with Gasteiger partial charge in [-0.15, -0.1) is 11.3 Å². The van der Waals surface area contributed by atoms with Gasteiger partial charge >= 0.3 is 0 Å². The lowest BCUT2D eigenvalue weighted by atomic mass is 10.3. The Morgan fingerprint density at radius 3 is 3.10 bits per heavy atom. The molecule has 7 heteroatoms. The fourth-order valence-electron chi connectivity index (χ4n) is 1.90. The predicted octanol–water partition coefficient (Wildman–Crippen LogP) is 1.41. The zero-order valence-corrected chi connectivity index (χ0v) is 12.6. The molecule has 1 amide bonds. The highest BCUT2D eigenvalue weighted by Crippen LogP contribution is 2.22. The summed E-state index contributed by atoms with van der Waals surface area (Å²) in [6.07, 6.45) is 3.41. The molecule has 0 bridgehead atoms. The van der Waals surface area contributed by atoms with Gasteiger partial charge in [0.25, 0.3) is 0 Å². The summed E-state index contributed by atoms with van der Waals surface area (Å²) in [5, 5.41) is 8.10. The number of carbonyl (C=O) groups is 1. The van der Waals surface area contributed by atoms with Crippen LogP contribution in [-0.4, -0.2) is 35.5 Å². The van der Waals surface area contributed by atoms with Crippen molar-refractivity contribution in [2.24, 2.45) is 0 Å². The summed E-state index contributed by atoms with van der Waals surface area (Å²) in [5.74, 6) is 0.722. The minimum absolute atomic E-state index is 0.0836. The highest BCUT2D eigenvalue weighted by Gasteiger charge is 2.13. The summed E-state index contributed by atoms with van der Waals surface area (Å²) in [6, 6.07) is 0. The number of thiazole rings is 1. The molecule has 110 valence electrons. The van der Waals surface area contributed by atoms with E-state index < -0.39 is 0 Å². The number of hydrogen-bond acceptors (Lipinski definition) is 5. The second-order valence-electron chi connectivity index (χ2n) is 4.40. The van der Waals surface area contributed by atoms with Gasteiger partial charge in [-0.2, -0.15) is 4.98 Å². The average molecular weight is 296 g/mol. The van der Waals surface area contributed by atoms with Crippen LogP contribution in [0.5, 0.6) is 5.88 Å². The second kappa shape index (κ2) is 7.25. The first-order valence-corrected chi connectivity index (χ1v) is 7.60. The highest BCUT2D eigenvalue weighted by atomic mass is 32.1. The van der Waals surface area contributed by atoms with Gasteiger partial charge in [0.15, 0.2) is 4.96 Å². The van der Waals surface area contributed by atoms with E-state index in [2.05, 4.69) is 15.6 Å². The maximum absolute atomic E-state index is 11.5. The van der Waals surface area contributed by atoms with E-state index in [4.69, 9.17) is 4.74 Å². The van der Waals surface area contributed by atoms with Crippen LogP contribution in [0.1, 0.15) is 25.5 Å². The third-order valence-electron chi connectivity index (χ3n) is 2.91. The smallest absolute Gasteiger partial charge is 0.237 e. The number of imidazole rings is 1. The topological polar surface area (TPSA) is 67.7 Å². The zero-order chi connectivity index (χ0) is 14.4. The van der Waals surface area contributed by atoms with Gasteiger partial charge in [-0.3, -0.25) is 9.20 Å². The summed E-state index contributed by atoms with van der Waals surface area (Å²) in [6.45, 7) is 4.04. The summed E-state index contributed by atoms with van der Waals surface area (Å²) in [4.78, 5) is 16.8. The minimum atomic E-state index is 0.0836. The highest BCUT2D eigenvalue weighted by molar-refractivity contribution is 7.15. The van der Waals surface area contributed by atoms with E-state index in [0.29, 0.717) is 25.4 Å². The molecule has 0 saturated carbocycles. The van der Waals surface area contributed by atoms with Gasteiger partial charge in [-0.05, 0) is 6.42 Å². The molecule has 0 unspecified atom stereocenters. The molecule has 0 aliphatic rings. The zero-order valence-electron chi connectivity index (χ0n) is 11.8. The van der Waals surface area contributed by atoms with Gasteiger partial charge in [0.1, 0.15) is 5.69 Å². The van der Waals surface area contributed by atoms with Crippen LogP contribution in [0.25, 0.3) is 4.96 Å². The second-order valence-corrected chi connectivity index (χ2v) is 5.27. The number of methoxy groups -OCH3 is 1. The van der Waals surface area contributed by atoms with E-state index in [0.717, 1.165) is 23.6 Å². The molecule has 0 aliphatic carbocycles. The molecule has 0 aliphatic heterocycles. The van der Waals surface area contributed by atoms with Crippen LogP contribution in [0.15, 0.2) is 11.6 Å². The molecule has 0 aromatic carbocycles. The average Bonchev–Trinajstić information content (AvgIpc) is 3.02. The predicted molar refractivity (Wildman–Crippen MR) is 79.2 cm³/mol. The van der Waals surface area contributed by atoms with Gasteiger partial charge in [0.05, 0.1) is 7.11 Å². The van der Waals surface area contributed by atoms with Crippen molar-refractivity contribution < 1.29 is 9.53 Å². The number of nitrogens with one attached hydrogen (secondary N) is 2. The van der Waals surface area contributed by atoms with Crippen LogP contribution in [-0.2, 0) is 11.3 Å². The van der Waals surface area contributed by atoms with Gasteiger partial charge in [-0.25, -0.2) is 0 Å². The van der Waals surface area contributed by atoms with Crippen LogP contribution >= 0.6 is 11.3 Å². The van der Waals surface area contributed by atoms with Crippen molar-refractivity contribution >= 4 is 22.2 Å². The van der Waals surface area contributed by atoms with E-state index in [-0.39, 0.29) is 5.91 Å². The molecule has 2 aromatic heterocycles. The van der Waals surface area contributed by atoms with Crippen molar-refractivity contribution in [3.8, 4) is 5.88 Å². The first-order chi connectivity index (χ1) is 9.76. The SMILES string of the molecule is CCCNC(=O)CCNCc1c(OC)nc2sccn12. The van der Waals surface area contributed by atoms with Gasteiger partial charge in [0.2, 0.25) is 11.8 Å². The Kier molecular flexibility index (Phi) is 5.37. The molecule has 20 heavy (non-hydrogen) atoms. The van der Waals surface area contributed by atoms with Crippen LogP contribution < -0.4 is 15.4 Å². The van der Waals surface area contributed by atoms with Crippen molar-refractivity contribution in [3.63, 3.8) is 0 Å². The van der Waals surface area contributed by atoms with E-state index in [1.165, 1.54) is 0 Å². The molecular formula is C13H20N4O2S. The molecule has 0 saturated heterocycles. The molecular weight excluding hydrogens is 276 g/mol. The third kappa shape index (κ3) is 3.49. The Balaban J connectivity index is 1.83. The Morgan fingerprint density at radius 2 is 2.35 bits per heavy atom. The lowest BCUT2D eigenvalue weighted by Gasteiger charge is -2.06. The maximum atomic E-state index is 11.5. The standard InChI is InChI=1S/C13H20N4O2S/c1-3-5-15-11(18)4-6-14-9-10-12(19-2)16-13-17(10)7-8-20-13/h7-8,14H,3-6,9H2,1-2H3,(H,15,18). The van der Waals surface area contributed by atoms with E-state index >= 15 is 0 Å². The fraction of sp³-hybridized carbons (Fsp3) is 0.538. The number of fused-ring (bicyclic) bond motifs is 1. The molecule has 0 fully saturated rings. The van der Waals surface area contributed by atoms with Crippen LogP contribution in [0.4, 0.5) is 0 Å². The van der Waals surface area contributed by atoms with Crippen LogP contribution in [0.2, 0.25) is 0 Å². The Hall–Kier alpha value is -1.60. The number of aromatic nitrogens is 2. The molecule has 2 heterocycles. The van der Waals surface area contributed by atoms with Gasteiger partial charge < -0.3 is 15.4 Å². The van der Waals surface area contributed by atoms with E-state index in [1.54, 1.807) is 18.4 Å². The molecule has 2 N–H and O–H groups in total. The van der Waals surface area contributed by atoms with Gasteiger partial charge in [-0.1, -0.05) is 6.92 Å². The number of hydrogen-bond donors (Lipinski definition) is 2. The normalized spacial score (nSPS) is 10.9. The lowest BCUT2D eigenvalue weighted by Crippen LogP contribution is -2.28. The first kappa shape index (κ1) is 14.8. The third-order valence-corrected chi connectivity index (χ3v) is 3.67. The van der Waals surface area contributed by atoms with E-state index in [1.807, 2.05) is 22.9 Å².